The highest BCUT2D eigenvalue weighted by Gasteiger charge is 2.40. The molecule has 2 aliphatic heterocycles. The van der Waals surface area contributed by atoms with Crippen molar-refractivity contribution in [3.8, 4) is 0 Å². The second-order valence-electron chi connectivity index (χ2n) is 4.89. The molecule has 0 spiro atoms. The number of nitrogens with zero attached hydrogens (tertiary/aromatic N) is 3. The van der Waals surface area contributed by atoms with Gasteiger partial charge in [0.25, 0.3) is 5.91 Å². The quantitative estimate of drug-likeness (QED) is 0.822. The number of imidazole rings is 1. The number of carbonyl (C=O) groups is 1. The van der Waals surface area contributed by atoms with Crippen LogP contribution in [0.15, 0.2) is 12.4 Å². The van der Waals surface area contributed by atoms with Crippen LogP contribution in [0, 0.1) is 5.92 Å². The summed E-state index contributed by atoms with van der Waals surface area (Å²) in [6.07, 6.45) is 5.08. The highest BCUT2D eigenvalue weighted by molar-refractivity contribution is 5.79. The van der Waals surface area contributed by atoms with Gasteiger partial charge in [-0.1, -0.05) is 0 Å². The van der Waals surface area contributed by atoms with Crippen molar-refractivity contribution in [2.24, 2.45) is 5.92 Å². The molecule has 2 fully saturated rings. The minimum Gasteiger partial charge on any atom is -0.369 e. The van der Waals surface area contributed by atoms with E-state index in [0.29, 0.717) is 19.8 Å². The van der Waals surface area contributed by atoms with E-state index in [9.17, 15) is 4.79 Å². The van der Waals surface area contributed by atoms with Crippen LogP contribution in [0.25, 0.3) is 0 Å². The number of rotatable bonds is 3. The Morgan fingerprint density at radius 3 is 3.16 bits per heavy atom. The summed E-state index contributed by atoms with van der Waals surface area (Å²) in [5.74, 6) is 0.703. The molecule has 0 aliphatic carbocycles. The fraction of sp³-hybridized carbons (Fsp3) is 0.692. The Kier molecular flexibility index (Phi) is 3.52. The van der Waals surface area contributed by atoms with E-state index in [4.69, 9.17) is 9.57 Å². The van der Waals surface area contributed by atoms with Crippen LogP contribution >= 0.6 is 0 Å². The van der Waals surface area contributed by atoms with E-state index >= 15 is 0 Å². The molecule has 6 heteroatoms. The van der Waals surface area contributed by atoms with E-state index in [-0.39, 0.29) is 17.9 Å². The average molecular weight is 265 g/mol. The first kappa shape index (κ1) is 12.6. The Morgan fingerprint density at radius 2 is 2.42 bits per heavy atom. The summed E-state index contributed by atoms with van der Waals surface area (Å²) in [7, 11) is 0. The number of aryl methyl sites for hydroxylation is 1. The summed E-state index contributed by atoms with van der Waals surface area (Å²) in [4.78, 5) is 22.1. The van der Waals surface area contributed by atoms with Crippen molar-refractivity contribution in [2.75, 3.05) is 19.8 Å². The Bertz CT molecular complexity index is 454. The molecular formula is C13H19N3O3. The lowest BCUT2D eigenvalue weighted by molar-refractivity contribution is -0.175. The maximum Gasteiger partial charge on any atom is 0.252 e. The van der Waals surface area contributed by atoms with E-state index < -0.39 is 0 Å². The van der Waals surface area contributed by atoms with Crippen LogP contribution in [0.4, 0.5) is 0 Å². The zero-order chi connectivity index (χ0) is 13.2. The van der Waals surface area contributed by atoms with Crippen molar-refractivity contribution < 1.29 is 14.4 Å². The van der Waals surface area contributed by atoms with Gasteiger partial charge in [0.05, 0.1) is 19.1 Å². The third-order valence-electron chi connectivity index (χ3n) is 3.75. The predicted octanol–water partition coefficient (Wildman–Crippen LogP) is 1.14. The Balaban J connectivity index is 1.79. The van der Waals surface area contributed by atoms with Crippen molar-refractivity contribution in [2.45, 2.75) is 32.4 Å². The van der Waals surface area contributed by atoms with Gasteiger partial charge < -0.3 is 9.30 Å². The van der Waals surface area contributed by atoms with Gasteiger partial charge in [-0.2, -0.15) is 0 Å². The van der Waals surface area contributed by atoms with Crippen molar-refractivity contribution in [1.29, 1.82) is 0 Å². The van der Waals surface area contributed by atoms with Crippen molar-refractivity contribution in [3.63, 3.8) is 0 Å². The SMILES string of the molecule is CCn1ccnc1[C@@H]1OCC[C@H]1C(=O)N1CCCO1. The molecule has 3 heterocycles. The number of ether oxygens (including phenoxy) is 1. The molecule has 1 amide bonds. The van der Waals surface area contributed by atoms with Gasteiger partial charge in [-0.05, 0) is 19.8 Å². The van der Waals surface area contributed by atoms with Crippen LogP contribution < -0.4 is 0 Å². The molecule has 0 radical (unpaired) electrons. The maximum atomic E-state index is 12.4. The van der Waals surface area contributed by atoms with Gasteiger partial charge in [0, 0.05) is 25.5 Å². The summed E-state index contributed by atoms with van der Waals surface area (Å²) in [6, 6.07) is 0. The summed E-state index contributed by atoms with van der Waals surface area (Å²) in [6.45, 7) is 4.81. The normalized spacial score (nSPS) is 27.1. The fourth-order valence-corrected chi connectivity index (χ4v) is 2.75. The molecule has 3 rings (SSSR count). The first-order valence-electron chi connectivity index (χ1n) is 6.88. The molecule has 6 nitrogen and oxygen atoms in total. The van der Waals surface area contributed by atoms with Crippen molar-refractivity contribution in [3.05, 3.63) is 18.2 Å². The molecule has 1 aromatic heterocycles. The first-order valence-corrected chi connectivity index (χ1v) is 6.88. The number of hydrogen-bond donors (Lipinski definition) is 0. The smallest absolute Gasteiger partial charge is 0.252 e. The zero-order valence-electron chi connectivity index (χ0n) is 11.1. The van der Waals surface area contributed by atoms with Crippen LogP contribution in [0.3, 0.4) is 0 Å². The van der Waals surface area contributed by atoms with Crippen LogP contribution in [0.1, 0.15) is 31.7 Å². The van der Waals surface area contributed by atoms with Gasteiger partial charge in [0.1, 0.15) is 11.9 Å². The monoisotopic (exact) mass is 265 g/mol. The van der Waals surface area contributed by atoms with Gasteiger partial charge in [-0.25, -0.2) is 10.0 Å². The molecule has 104 valence electrons. The van der Waals surface area contributed by atoms with Gasteiger partial charge in [-0.3, -0.25) is 9.63 Å². The molecule has 0 aromatic carbocycles. The number of aromatic nitrogens is 2. The van der Waals surface area contributed by atoms with E-state index in [1.54, 1.807) is 6.20 Å². The molecule has 0 saturated carbocycles. The van der Waals surface area contributed by atoms with Crippen LogP contribution in [-0.2, 0) is 20.9 Å². The van der Waals surface area contributed by atoms with E-state index in [1.165, 1.54) is 5.06 Å². The van der Waals surface area contributed by atoms with Crippen molar-refractivity contribution in [1.82, 2.24) is 14.6 Å². The predicted molar refractivity (Wildman–Crippen MR) is 67.0 cm³/mol. The number of hydroxylamine groups is 2. The molecule has 1 aromatic rings. The average Bonchev–Trinajstić information content (AvgIpc) is 3.16. The molecule has 2 saturated heterocycles. The minimum absolute atomic E-state index is 0.0330. The summed E-state index contributed by atoms with van der Waals surface area (Å²) in [5.41, 5.74) is 0. The molecule has 0 N–H and O–H groups in total. The Labute approximate surface area is 112 Å². The highest BCUT2D eigenvalue weighted by atomic mass is 16.7. The lowest BCUT2D eigenvalue weighted by atomic mass is 9.99. The van der Waals surface area contributed by atoms with E-state index in [0.717, 1.165) is 25.2 Å². The lowest BCUT2D eigenvalue weighted by Gasteiger charge is -2.22. The fourth-order valence-electron chi connectivity index (χ4n) is 2.75. The van der Waals surface area contributed by atoms with Gasteiger partial charge >= 0.3 is 0 Å². The molecule has 2 atom stereocenters. The maximum absolute atomic E-state index is 12.4. The van der Waals surface area contributed by atoms with E-state index in [2.05, 4.69) is 11.9 Å². The highest BCUT2D eigenvalue weighted by Crippen LogP contribution is 2.35. The standard InChI is InChI=1S/C13H19N3O3/c1-2-15-7-5-14-12(15)11-10(4-9-18-11)13(17)16-6-3-8-19-16/h5,7,10-11H,2-4,6,8-9H2,1H3/t10-,11-/m1/s1. The summed E-state index contributed by atoms with van der Waals surface area (Å²) < 4.78 is 7.78. The van der Waals surface area contributed by atoms with Gasteiger partial charge in [0.15, 0.2) is 0 Å². The minimum atomic E-state index is -0.244. The number of carbonyl (C=O) groups excluding carboxylic acids is 1. The van der Waals surface area contributed by atoms with Gasteiger partial charge in [-0.15, -0.1) is 0 Å². The Morgan fingerprint density at radius 1 is 1.53 bits per heavy atom. The summed E-state index contributed by atoms with van der Waals surface area (Å²) >= 11 is 0. The van der Waals surface area contributed by atoms with Crippen LogP contribution in [0.5, 0.6) is 0 Å². The molecule has 2 aliphatic rings. The van der Waals surface area contributed by atoms with E-state index in [1.807, 2.05) is 10.8 Å². The molecule has 19 heavy (non-hydrogen) atoms. The number of amides is 1. The summed E-state index contributed by atoms with van der Waals surface area (Å²) in [5, 5.41) is 1.49. The molecular weight excluding hydrogens is 246 g/mol. The first-order chi connectivity index (χ1) is 9.31. The number of hydrogen-bond acceptors (Lipinski definition) is 4. The van der Waals surface area contributed by atoms with Gasteiger partial charge in [0.2, 0.25) is 0 Å². The second kappa shape index (κ2) is 5.30. The van der Waals surface area contributed by atoms with Crippen LogP contribution in [-0.4, -0.2) is 40.3 Å². The van der Waals surface area contributed by atoms with Crippen LogP contribution in [0.2, 0.25) is 0 Å². The topological polar surface area (TPSA) is 56.6 Å². The third kappa shape index (κ3) is 2.26. The van der Waals surface area contributed by atoms with Crippen molar-refractivity contribution >= 4 is 5.91 Å². The molecule has 0 bridgehead atoms. The third-order valence-corrected chi connectivity index (χ3v) is 3.75. The Hall–Kier alpha value is -1.40. The second-order valence-corrected chi connectivity index (χ2v) is 4.89. The lowest BCUT2D eigenvalue weighted by Crippen LogP contribution is -2.34. The zero-order valence-corrected chi connectivity index (χ0v) is 11.1. The largest absolute Gasteiger partial charge is 0.369 e. The molecule has 0 unspecified atom stereocenters.